The predicted octanol–water partition coefficient (Wildman–Crippen LogP) is 2.62. The zero-order valence-corrected chi connectivity index (χ0v) is 9.41. The lowest BCUT2D eigenvalue weighted by atomic mass is 9.95. The number of carboxylic acids is 1. The molecule has 0 spiro atoms. The number of benzene rings is 1. The van der Waals surface area contributed by atoms with Crippen molar-refractivity contribution in [3.05, 3.63) is 34.6 Å². The first-order valence-corrected chi connectivity index (χ1v) is 5.14. The van der Waals surface area contributed by atoms with Crippen molar-refractivity contribution in [2.75, 3.05) is 0 Å². The van der Waals surface area contributed by atoms with Crippen LogP contribution in [0, 0.1) is 11.7 Å². The van der Waals surface area contributed by atoms with Crippen molar-refractivity contribution in [2.24, 2.45) is 5.92 Å². The van der Waals surface area contributed by atoms with Crippen LogP contribution in [0.15, 0.2) is 18.2 Å². The van der Waals surface area contributed by atoms with Gasteiger partial charge in [0.1, 0.15) is 5.82 Å². The fraction of sp³-hybridized carbons (Fsp3) is 0.364. The zero-order chi connectivity index (χ0) is 12.3. The molecule has 3 nitrogen and oxygen atoms in total. The molecule has 16 heavy (non-hydrogen) atoms. The first kappa shape index (κ1) is 12.9. The molecule has 2 atom stereocenters. The number of aliphatic carboxylic acids is 1. The van der Waals surface area contributed by atoms with E-state index in [0.717, 1.165) is 6.07 Å². The minimum absolute atomic E-state index is 0.0261. The summed E-state index contributed by atoms with van der Waals surface area (Å²) >= 11 is 5.50. The van der Waals surface area contributed by atoms with Crippen molar-refractivity contribution < 1.29 is 19.4 Å². The van der Waals surface area contributed by atoms with Gasteiger partial charge in [-0.05, 0) is 23.6 Å². The molecule has 0 saturated heterocycles. The number of aliphatic hydroxyl groups excluding tert-OH is 1. The van der Waals surface area contributed by atoms with Gasteiger partial charge in [-0.2, -0.15) is 0 Å². The van der Waals surface area contributed by atoms with Gasteiger partial charge in [0.2, 0.25) is 0 Å². The Morgan fingerprint density at radius 2 is 2.19 bits per heavy atom. The molecule has 2 N–H and O–H groups in total. The highest BCUT2D eigenvalue weighted by Gasteiger charge is 2.19. The lowest BCUT2D eigenvalue weighted by molar-refractivity contribution is -0.139. The summed E-state index contributed by atoms with van der Waals surface area (Å²) in [4.78, 5) is 10.5. The summed E-state index contributed by atoms with van der Waals surface area (Å²) in [6, 6.07) is 3.93. The summed E-state index contributed by atoms with van der Waals surface area (Å²) in [6.45, 7) is 1.59. The third kappa shape index (κ3) is 3.18. The highest BCUT2D eigenvalue weighted by molar-refractivity contribution is 6.30. The van der Waals surface area contributed by atoms with Crippen LogP contribution in [-0.4, -0.2) is 16.2 Å². The van der Waals surface area contributed by atoms with Crippen LogP contribution < -0.4 is 0 Å². The van der Waals surface area contributed by atoms with E-state index >= 15 is 0 Å². The molecule has 0 aliphatic heterocycles. The molecule has 0 fully saturated rings. The molecular formula is C11H12ClFO3. The Kier molecular flexibility index (Phi) is 4.26. The average molecular weight is 247 g/mol. The normalized spacial score (nSPS) is 14.5. The number of rotatable bonds is 4. The number of hydrogen-bond donors (Lipinski definition) is 2. The molecule has 0 bridgehead atoms. The van der Waals surface area contributed by atoms with Crippen molar-refractivity contribution in [1.82, 2.24) is 0 Å². The molecule has 1 aromatic rings. The molecule has 0 heterocycles. The van der Waals surface area contributed by atoms with Gasteiger partial charge in [-0.25, -0.2) is 4.39 Å². The van der Waals surface area contributed by atoms with Gasteiger partial charge in [0.25, 0.3) is 0 Å². The van der Waals surface area contributed by atoms with Gasteiger partial charge in [0, 0.05) is 0 Å². The van der Waals surface area contributed by atoms with E-state index in [1.54, 1.807) is 6.92 Å². The second kappa shape index (κ2) is 5.27. The third-order valence-electron chi connectivity index (χ3n) is 2.32. The van der Waals surface area contributed by atoms with E-state index in [0.29, 0.717) is 5.56 Å². The number of aliphatic hydroxyl groups is 1. The Morgan fingerprint density at radius 1 is 1.56 bits per heavy atom. The van der Waals surface area contributed by atoms with E-state index in [9.17, 15) is 14.3 Å². The van der Waals surface area contributed by atoms with Gasteiger partial charge in [-0.1, -0.05) is 24.6 Å². The van der Waals surface area contributed by atoms with Crippen LogP contribution in [0.1, 0.15) is 25.0 Å². The Balaban J connectivity index is 2.83. The molecule has 0 aliphatic carbocycles. The predicted molar refractivity (Wildman–Crippen MR) is 57.8 cm³/mol. The number of carboxylic acid groups (broad SMARTS) is 1. The Morgan fingerprint density at radius 3 is 2.69 bits per heavy atom. The number of carbonyl (C=O) groups is 1. The Hall–Kier alpha value is -1.13. The van der Waals surface area contributed by atoms with E-state index in [4.69, 9.17) is 16.7 Å². The van der Waals surface area contributed by atoms with E-state index < -0.39 is 23.8 Å². The van der Waals surface area contributed by atoms with Crippen LogP contribution in [0.4, 0.5) is 4.39 Å². The lowest BCUT2D eigenvalue weighted by Crippen LogP contribution is -2.13. The minimum atomic E-state index is -1.01. The largest absolute Gasteiger partial charge is 0.481 e. The first-order chi connectivity index (χ1) is 7.41. The molecule has 5 heteroatoms. The van der Waals surface area contributed by atoms with Gasteiger partial charge in [-0.15, -0.1) is 0 Å². The SMILES string of the molecule is CC(CC(=O)O)C(O)c1ccc(Cl)c(F)c1. The molecule has 0 radical (unpaired) electrons. The standard InChI is InChI=1S/C11H12ClFO3/c1-6(4-10(14)15)11(16)7-2-3-8(12)9(13)5-7/h2-3,5-6,11,16H,4H2,1H3,(H,14,15). The van der Waals surface area contributed by atoms with Crippen LogP contribution >= 0.6 is 11.6 Å². The molecule has 2 unspecified atom stereocenters. The van der Waals surface area contributed by atoms with Crippen LogP contribution in [0.25, 0.3) is 0 Å². The number of halogens is 2. The highest BCUT2D eigenvalue weighted by atomic mass is 35.5. The van der Waals surface area contributed by atoms with Gasteiger partial charge in [-0.3, -0.25) is 4.79 Å². The average Bonchev–Trinajstić information content (AvgIpc) is 2.20. The summed E-state index contributed by atoms with van der Waals surface area (Å²) in [7, 11) is 0. The highest BCUT2D eigenvalue weighted by Crippen LogP contribution is 2.26. The Labute approximate surface area is 97.5 Å². The fourth-order valence-electron chi connectivity index (χ4n) is 1.41. The van der Waals surface area contributed by atoms with E-state index in [-0.39, 0.29) is 11.4 Å². The van der Waals surface area contributed by atoms with E-state index in [2.05, 4.69) is 0 Å². The maximum absolute atomic E-state index is 13.1. The van der Waals surface area contributed by atoms with Crippen molar-refractivity contribution in [1.29, 1.82) is 0 Å². The second-order valence-electron chi connectivity index (χ2n) is 3.69. The maximum atomic E-state index is 13.1. The maximum Gasteiger partial charge on any atom is 0.303 e. The second-order valence-corrected chi connectivity index (χ2v) is 4.10. The van der Waals surface area contributed by atoms with Crippen molar-refractivity contribution in [3.63, 3.8) is 0 Å². The molecule has 1 rings (SSSR count). The minimum Gasteiger partial charge on any atom is -0.481 e. The summed E-state index contributed by atoms with van der Waals surface area (Å²) in [5.41, 5.74) is 0.329. The number of hydrogen-bond acceptors (Lipinski definition) is 2. The molecular weight excluding hydrogens is 235 g/mol. The quantitative estimate of drug-likeness (QED) is 0.859. The van der Waals surface area contributed by atoms with Gasteiger partial charge in [0.05, 0.1) is 17.5 Å². The summed E-state index contributed by atoms with van der Waals surface area (Å²) in [6.07, 6.45) is -1.19. The van der Waals surface area contributed by atoms with Crippen LogP contribution in [0.5, 0.6) is 0 Å². The van der Waals surface area contributed by atoms with Gasteiger partial charge in [0.15, 0.2) is 0 Å². The lowest BCUT2D eigenvalue weighted by Gasteiger charge is -2.17. The monoisotopic (exact) mass is 246 g/mol. The summed E-state index contributed by atoms with van der Waals surface area (Å²) in [5.74, 6) is -2.11. The molecule has 88 valence electrons. The molecule has 0 saturated carbocycles. The van der Waals surface area contributed by atoms with E-state index in [1.807, 2.05) is 0 Å². The molecule has 0 aliphatic rings. The third-order valence-corrected chi connectivity index (χ3v) is 2.63. The molecule has 0 aromatic heterocycles. The topological polar surface area (TPSA) is 57.5 Å². The first-order valence-electron chi connectivity index (χ1n) is 4.76. The fourth-order valence-corrected chi connectivity index (χ4v) is 1.53. The molecule has 0 amide bonds. The van der Waals surface area contributed by atoms with Gasteiger partial charge < -0.3 is 10.2 Å². The van der Waals surface area contributed by atoms with Crippen molar-refractivity contribution in [3.8, 4) is 0 Å². The zero-order valence-electron chi connectivity index (χ0n) is 8.65. The van der Waals surface area contributed by atoms with Crippen LogP contribution in [0.2, 0.25) is 5.02 Å². The van der Waals surface area contributed by atoms with Crippen LogP contribution in [-0.2, 0) is 4.79 Å². The summed E-state index contributed by atoms with van der Waals surface area (Å²) in [5, 5.41) is 18.3. The van der Waals surface area contributed by atoms with Crippen LogP contribution in [0.3, 0.4) is 0 Å². The van der Waals surface area contributed by atoms with E-state index in [1.165, 1.54) is 12.1 Å². The smallest absolute Gasteiger partial charge is 0.303 e. The summed E-state index contributed by atoms with van der Waals surface area (Å²) < 4.78 is 13.1. The van der Waals surface area contributed by atoms with Crippen molar-refractivity contribution in [2.45, 2.75) is 19.4 Å². The molecule has 1 aromatic carbocycles. The van der Waals surface area contributed by atoms with Gasteiger partial charge >= 0.3 is 5.97 Å². The van der Waals surface area contributed by atoms with Crippen molar-refractivity contribution >= 4 is 17.6 Å². The Bertz CT molecular complexity index is 395.